The van der Waals surface area contributed by atoms with Crippen LogP contribution in [0.1, 0.15) is 0 Å². The highest BCUT2D eigenvalue weighted by molar-refractivity contribution is 6.14. The molecular weight excluding hydrogens is 679 g/mol. The number of anilines is 3. The number of furan rings is 1. The molecule has 0 bridgehead atoms. The van der Waals surface area contributed by atoms with Crippen molar-refractivity contribution in [2.75, 3.05) is 4.90 Å². The lowest BCUT2D eigenvalue weighted by molar-refractivity contribution is 0.669. The highest BCUT2D eigenvalue weighted by Crippen LogP contribution is 2.46. The van der Waals surface area contributed by atoms with Crippen LogP contribution in [0.3, 0.4) is 0 Å². The first-order valence-corrected chi connectivity index (χ1v) is 19.2. The monoisotopic (exact) mass is 713 g/mol. The van der Waals surface area contributed by atoms with Gasteiger partial charge >= 0.3 is 0 Å². The molecule has 56 heavy (non-hydrogen) atoms. The molecule has 2 heteroatoms. The van der Waals surface area contributed by atoms with Crippen molar-refractivity contribution < 1.29 is 4.42 Å². The molecule has 0 unspecified atom stereocenters. The molecule has 0 atom stereocenters. The highest BCUT2D eigenvalue weighted by atomic mass is 16.3. The van der Waals surface area contributed by atoms with Gasteiger partial charge in [0.1, 0.15) is 11.2 Å². The molecule has 11 aromatic rings. The van der Waals surface area contributed by atoms with Crippen LogP contribution in [0.5, 0.6) is 0 Å². The SMILES string of the molecule is c1ccc(N(c2ccc(-c3ccc(-c4cccc5ccccc45)cc3)cc2)c2cccc3oc4ccccc4c23)c(-c2ccc3c(ccc4ccccc43)c2)c1. The average Bonchev–Trinajstić information content (AvgIpc) is 3.66. The maximum Gasteiger partial charge on any atom is 0.137 e. The predicted octanol–water partition coefficient (Wildman–Crippen LogP) is 15.5. The van der Waals surface area contributed by atoms with Gasteiger partial charge < -0.3 is 9.32 Å². The Kier molecular flexibility index (Phi) is 7.53. The van der Waals surface area contributed by atoms with Crippen LogP contribution < -0.4 is 4.90 Å². The van der Waals surface area contributed by atoms with E-state index < -0.39 is 0 Å². The fourth-order valence-electron chi connectivity index (χ4n) is 8.57. The third kappa shape index (κ3) is 5.34. The van der Waals surface area contributed by atoms with E-state index in [4.69, 9.17) is 4.42 Å². The molecule has 1 heterocycles. The molecule has 0 spiro atoms. The topological polar surface area (TPSA) is 16.4 Å². The van der Waals surface area contributed by atoms with Crippen LogP contribution in [-0.4, -0.2) is 0 Å². The van der Waals surface area contributed by atoms with E-state index in [9.17, 15) is 0 Å². The maximum absolute atomic E-state index is 6.43. The lowest BCUT2D eigenvalue weighted by atomic mass is 9.95. The van der Waals surface area contributed by atoms with E-state index in [1.54, 1.807) is 0 Å². The standard InChI is InChI=1S/C54H35NO/c1-3-14-44-38(11-1)13-9-18-46(44)40-25-23-36(24-26-40)37-29-32-43(33-30-37)55(51-20-10-22-53-54(51)49-17-6-8-21-52(49)56-53)50-19-7-5-16-48(50)42-31-34-47-41(35-42)28-27-39-12-2-4-15-45(39)47/h1-35H. The summed E-state index contributed by atoms with van der Waals surface area (Å²) in [7, 11) is 0. The summed E-state index contributed by atoms with van der Waals surface area (Å²) in [6.07, 6.45) is 0. The molecule has 2 nitrogen and oxygen atoms in total. The van der Waals surface area contributed by atoms with E-state index in [0.717, 1.165) is 44.6 Å². The number of fused-ring (bicyclic) bond motifs is 7. The van der Waals surface area contributed by atoms with E-state index in [1.165, 1.54) is 60.1 Å². The van der Waals surface area contributed by atoms with Crippen LogP contribution in [0.25, 0.3) is 87.6 Å². The van der Waals surface area contributed by atoms with E-state index in [0.29, 0.717) is 0 Å². The minimum Gasteiger partial charge on any atom is -0.456 e. The van der Waals surface area contributed by atoms with Gasteiger partial charge in [-0.15, -0.1) is 0 Å². The Morgan fingerprint density at radius 1 is 0.304 bits per heavy atom. The molecule has 0 amide bonds. The van der Waals surface area contributed by atoms with Crippen LogP contribution in [0, 0.1) is 0 Å². The summed E-state index contributed by atoms with van der Waals surface area (Å²) < 4.78 is 6.43. The minimum absolute atomic E-state index is 0.867. The molecule has 0 saturated carbocycles. The first kappa shape index (κ1) is 32.0. The molecule has 0 aliphatic rings. The second-order valence-corrected chi connectivity index (χ2v) is 14.5. The molecule has 10 aromatic carbocycles. The minimum atomic E-state index is 0.867. The van der Waals surface area contributed by atoms with Crippen molar-refractivity contribution in [2.24, 2.45) is 0 Å². The smallest absolute Gasteiger partial charge is 0.137 e. The summed E-state index contributed by atoms with van der Waals surface area (Å²) >= 11 is 0. The summed E-state index contributed by atoms with van der Waals surface area (Å²) in [5.74, 6) is 0. The molecule has 0 saturated heterocycles. The molecule has 262 valence electrons. The Morgan fingerprint density at radius 3 is 1.68 bits per heavy atom. The molecule has 0 aliphatic carbocycles. The van der Waals surface area contributed by atoms with Crippen molar-refractivity contribution >= 4 is 71.3 Å². The summed E-state index contributed by atoms with van der Waals surface area (Å²) in [5, 5.41) is 9.72. The van der Waals surface area contributed by atoms with Crippen molar-refractivity contribution in [3.8, 4) is 33.4 Å². The van der Waals surface area contributed by atoms with Crippen LogP contribution >= 0.6 is 0 Å². The van der Waals surface area contributed by atoms with Gasteiger partial charge in [0.15, 0.2) is 0 Å². The quantitative estimate of drug-likeness (QED) is 0.160. The van der Waals surface area contributed by atoms with Gasteiger partial charge in [0.2, 0.25) is 0 Å². The van der Waals surface area contributed by atoms with Crippen LogP contribution in [0.2, 0.25) is 0 Å². The number of rotatable bonds is 6. The van der Waals surface area contributed by atoms with E-state index in [2.05, 4.69) is 211 Å². The van der Waals surface area contributed by atoms with Gasteiger partial charge in [-0.3, -0.25) is 0 Å². The zero-order valence-electron chi connectivity index (χ0n) is 30.6. The van der Waals surface area contributed by atoms with Gasteiger partial charge in [-0.25, -0.2) is 0 Å². The number of hydrogen-bond donors (Lipinski definition) is 0. The lowest BCUT2D eigenvalue weighted by Crippen LogP contribution is -2.11. The fraction of sp³-hybridized carbons (Fsp3) is 0. The molecule has 0 aliphatic heterocycles. The van der Waals surface area contributed by atoms with E-state index >= 15 is 0 Å². The van der Waals surface area contributed by atoms with Crippen LogP contribution in [0.4, 0.5) is 17.1 Å². The predicted molar refractivity (Wildman–Crippen MR) is 237 cm³/mol. The van der Waals surface area contributed by atoms with E-state index in [1.807, 2.05) is 6.07 Å². The van der Waals surface area contributed by atoms with Gasteiger partial charge in [-0.1, -0.05) is 170 Å². The number of nitrogens with zero attached hydrogens (tertiary/aromatic N) is 1. The van der Waals surface area contributed by atoms with Crippen LogP contribution in [0.15, 0.2) is 217 Å². The van der Waals surface area contributed by atoms with Crippen molar-refractivity contribution in [3.63, 3.8) is 0 Å². The Hall–Kier alpha value is -7.42. The van der Waals surface area contributed by atoms with Gasteiger partial charge in [0.05, 0.1) is 16.8 Å². The third-order valence-corrected chi connectivity index (χ3v) is 11.3. The molecule has 1 aromatic heterocycles. The van der Waals surface area contributed by atoms with Crippen molar-refractivity contribution in [1.29, 1.82) is 0 Å². The van der Waals surface area contributed by atoms with Gasteiger partial charge in [-0.2, -0.15) is 0 Å². The molecular formula is C54H35NO. The summed E-state index contributed by atoms with van der Waals surface area (Å²) in [4.78, 5) is 2.40. The number of benzene rings is 10. The second-order valence-electron chi connectivity index (χ2n) is 14.5. The van der Waals surface area contributed by atoms with Gasteiger partial charge in [0.25, 0.3) is 0 Å². The Bertz CT molecular complexity index is 3240. The first-order chi connectivity index (χ1) is 27.8. The third-order valence-electron chi connectivity index (χ3n) is 11.3. The zero-order valence-corrected chi connectivity index (χ0v) is 30.6. The first-order valence-electron chi connectivity index (χ1n) is 19.2. The fourth-order valence-corrected chi connectivity index (χ4v) is 8.57. The van der Waals surface area contributed by atoms with Crippen molar-refractivity contribution in [3.05, 3.63) is 212 Å². The summed E-state index contributed by atoms with van der Waals surface area (Å²) in [6.45, 7) is 0. The maximum atomic E-state index is 6.43. The highest BCUT2D eigenvalue weighted by Gasteiger charge is 2.22. The van der Waals surface area contributed by atoms with Crippen LogP contribution in [-0.2, 0) is 0 Å². The second kappa shape index (κ2) is 13.2. The molecule has 0 N–H and O–H groups in total. The summed E-state index contributed by atoms with van der Waals surface area (Å²) in [6, 6.07) is 76.5. The van der Waals surface area contributed by atoms with Gasteiger partial charge in [0, 0.05) is 16.6 Å². The van der Waals surface area contributed by atoms with Gasteiger partial charge in [-0.05, 0) is 103 Å². The Morgan fingerprint density at radius 2 is 0.839 bits per heavy atom. The van der Waals surface area contributed by atoms with Crippen molar-refractivity contribution in [2.45, 2.75) is 0 Å². The number of para-hydroxylation sites is 2. The molecule has 0 radical (unpaired) electrons. The lowest BCUT2D eigenvalue weighted by Gasteiger charge is -2.28. The Balaban J connectivity index is 1.04. The Labute approximate surface area is 325 Å². The van der Waals surface area contributed by atoms with Crippen molar-refractivity contribution in [1.82, 2.24) is 0 Å². The number of hydrogen-bond acceptors (Lipinski definition) is 2. The average molecular weight is 714 g/mol. The molecule has 0 fully saturated rings. The normalized spacial score (nSPS) is 11.6. The van der Waals surface area contributed by atoms with E-state index in [-0.39, 0.29) is 0 Å². The largest absolute Gasteiger partial charge is 0.456 e. The summed E-state index contributed by atoms with van der Waals surface area (Å²) in [5.41, 5.74) is 12.1. The zero-order chi connectivity index (χ0) is 37.0. The molecule has 11 rings (SSSR count).